The number of nitrogens with zero attached hydrogens (tertiary/aromatic N) is 4. The van der Waals surface area contributed by atoms with Crippen LogP contribution in [0, 0.1) is 13.8 Å². The molecule has 102 valence electrons. The maximum atomic E-state index is 5.95. The van der Waals surface area contributed by atoms with Gasteiger partial charge >= 0.3 is 0 Å². The molecule has 0 aliphatic rings. The summed E-state index contributed by atoms with van der Waals surface area (Å²) in [7, 11) is 3.46. The number of aromatic nitrogens is 4. The van der Waals surface area contributed by atoms with E-state index in [1.807, 2.05) is 25.6 Å². The van der Waals surface area contributed by atoms with E-state index >= 15 is 0 Å². The quantitative estimate of drug-likeness (QED) is 0.870. The van der Waals surface area contributed by atoms with E-state index in [2.05, 4.69) is 20.4 Å². The third-order valence-electron chi connectivity index (χ3n) is 3.06. The van der Waals surface area contributed by atoms with E-state index in [0.29, 0.717) is 23.3 Å². The number of nitrogens with one attached hydrogen (secondary N) is 1. The Balaban J connectivity index is 2.21. The smallest absolute Gasteiger partial charge is 0.198 e. The fraction of sp³-hybridized carbons (Fsp3) is 0.417. The summed E-state index contributed by atoms with van der Waals surface area (Å²) < 4.78 is 7.05. The zero-order valence-electron chi connectivity index (χ0n) is 11.4. The van der Waals surface area contributed by atoms with Crippen molar-refractivity contribution < 1.29 is 4.74 Å². The zero-order valence-corrected chi connectivity index (χ0v) is 12.1. The van der Waals surface area contributed by atoms with Crippen molar-refractivity contribution in [2.45, 2.75) is 20.4 Å². The SMILES string of the molecule is COc1c(Cl)ncnc1NCc1c(C)nn(C)c1C. The second-order valence-corrected chi connectivity index (χ2v) is 4.53. The minimum atomic E-state index is 0.291. The fourth-order valence-corrected chi connectivity index (χ4v) is 2.11. The van der Waals surface area contributed by atoms with Gasteiger partial charge in [0.15, 0.2) is 16.7 Å². The Labute approximate surface area is 116 Å². The van der Waals surface area contributed by atoms with Gasteiger partial charge in [0.1, 0.15) is 6.33 Å². The van der Waals surface area contributed by atoms with Gasteiger partial charge in [-0.15, -0.1) is 0 Å². The average molecular weight is 282 g/mol. The third-order valence-corrected chi connectivity index (χ3v) is 3.33. The Hall–Kier alpha value is -1.82. The lowest BCUT2D eigenvalue weighted by Gasteiger charge is -2.10. The van der Waals surface area contributed by atoms with Crippen LogP contribution in [-0.4, -0.2) is 26.9 Å². The molecule has 0 spiro atoms. The van der Waals surface area contributed by atoms with Gasteiger partial charge in [0.25, 0.3) is 0 Å². The lowest BCUT2D eigenvalue weighted by atomic mass is 10.2. The van der Waals surface area contributed by atoms with Crippen molar-refractivity contribution in [3.63, 3.8) is 0 Å². The lowest BCUT2D eigenvalue weighted by molar-refractivity contribution is 0.413. The topological polar surface area (TPSA) is 64.9 Å². The van der Waals surface area contributed by atoms with Gasteiger partial charge in [-0.2, -0.15) is 5.10 Å². The van der Waals surface area contributed by atoms with Gasteiger partial charge in [0.05, 0.1) is 12.8 Å². The first kappa shape index (κ1) is 13.6. The third kappa shape index (κ3) is 2.63. The normalized spacial score (nSPS) is 10.6. The number of aryl methyl sites for hydroxylation is 2. The van der Waals surface area contributed by atoms with E-state index < -0.39 is 0 Å². The van der Waals surface area contributed by atoms with Crippen LogP contribution in [0.4, 0.5) is 5.82 Å². The highest BCUT2D eigenvalue weighted by Crippen LogP contribution is 2.28. The van der Waals surface area contributed by atoms with Crippen LogP contribution in [0.3, 0.4) is 0 Å². The molecule has 1 N–H and O–H groups in total. The summed E-state index contributed by atoms with van der Waals surface area (Å²) >= 11 is 5.95. The van der Waals surface area contributed by atoms with Gasteiger partial charge in [0.2, 0.25) is 0 Å². The monoisotopic (exact) mass is 281 g/mol. The van der Waals surface area contributed by atoms with Gasteiger partial charge in [-0.1, -0.05) is 11.6 Å². The van der Waals surface area contributed by atoms with Crippen molar-refractivity contribution in [3.05, 3.63) is 28.4 Å². The van der Waals surface area contributed by atoms with Crippen LogP contribution in [-0.2, 0) is 13.6 Å². The number of rotatable bonds is 4. The van der Waals surface area contributed by atoms with Gasteiger partial charge in [0, 0.05) is 24.8 Å². The number of ether oxygens (including phenoxy) is 1. The maximum Gasteiger partial charge on any atom is 0.198 e. The summed E-state index contributed by atoms with van der Waals surface area (Å²) in [5.41, 5.74) is 3.25. The van der Waals surface area contributed by atoms with Crippen LogP contribution in [0.5, 0.6) is 5.75 Å². The van der Waals surface area contributed by atoms with E-state index in [1.54, 1.807) is 0 Å². The summed E-state index contributed by atoms with van der Waals surface area (Å²) in [5.74, 6) is 1.02. The highest BCUT2D eigenvalue weighted by atomic mass is 35.5. The molecule has 0 radical (unpaired) electrons. The summed E-state index contributed by atoms with van der Waals surface area (Å²) in [4.78, 5) is 8.01. The highest BCUT2D eigenvalue weighted by molar-refractivity contribution is 6.31. The first-order valence-corrected chi connectivity index (χ1v) is 6.19. The molecule has 2 aromatic rings. The van der Waals surface area contributed by atoms with Crippen LogP contribution in [0.25, 0.3) is 0 Å². The number of hydrogen-bond donors (Lipinski definition) is 1. The predicted molar refractivity (Wildman–Crippen MR) is 73.6 cm³/mol. The Morgan fingerprint density at radius 1 is 1.37 bits per heavy atom. The molecule has 19 heavy (non-hydrogen) atoms. The molecule has 0 amide bonds. The molecule has 0 atom stereocenters. The molecule has 0 aliphatic carbocycles. The van der Waals surface area contributed by atoms with Gasteiger partial charge in [-0.3, -0.25) is 4.68 Å². The van der Waals surface area contributed by atoms with E-state index in [9.17, 15) is 0 Å². The Kier molecular flexibility index (Phi) is 3.90. The number of methoxy groups -OCH3 is 1. The number of anilines is 1. The van der Waals surface area contributed by atoms with Gasteiger partial charge < -0.3 is 10.1 Å². The van der Waals surface area contributed by atoms with E-state index in [4.69, 9.17) is 16.3 Å². The molecule has 0 saturated carbocycles. The second kappa shape index (κ2) is 5.44. The molecule has 0 fully saturated rings. The maximum absolute atomic E-state index is 5.95. The molecule has 0 bridgehead atoms. The van der Waals surface area contributed by atoms with E-state index in [1.165, 1.54) is 13.4 Å². The first-order chi connectivity index (χ1) is 9.04. The molecule has 0 saturated heterocycles. The van der Waals surface area contributed by atoms with Gasteiger partial charge in [-0.05, 0) is 13.8 Å². The van der Waals surface area contributed by atoms with Crippen molar-refractivity contribution in [2.75, 3.05) is 12.4 Å². The summed E-state index contributed by atoms with van der Waals surface area (Å²) in [6.45, 7) is 4.62. The summed E-state index contributed by atoms with van der Waals surface area (Å²) in [5, 5.41) is 7.86. The molecule has 2 heterocycles. The van der Waals surface area contributed by atoms with Crippen LogP contribution in [0.1, 0.15) is 17.0 Å². The Morgan fingerprint density at radius 2 is 2.11 bits per heavy atom. The minimum Gasteiger partial charge on any atom is -0.490 e. The lowest BCUT2D eigenvalue weighted by Crippen LogP contribution is -2.06. The predicted octanol–water partition coefficient (Wildman–Crippen LogP) is 2.10. The highest BCUT2D eigenvalue weighted by Gasteiger charge is 2.13. The molecule has 6 nitrogen and oxygen atoms in total. The van der Waals surface area contributed by atoms with Crippen molar-refractivity contribution in [2.24, 2.45) is 7.05 Å². The second-order valence-electron chi connectivity index (χ2n) is 4.17. The minimum absolute atomic E-state index is 0.291. The fourth-order valence-electron chi connectivity index (χ4n) is 1.90. The van der Waals surface area contributed by atoms with E-state index in [-0.39, 0.29) is 0 Å². The average Bonchev–Trinajstić information content (AvgIpc) is 2.61. The Morgan fingerprint density at radius 3 is 2.68 bits per heavy atom. The van der Waals surface area contributed by atoms with Crippen molar-refractivity contribution in [3.8, 4) is 5.75 Å². The summed E-state index contributed by atoms with van der Waals surface area (Å²) in [6, 6.07) is 0. The van der Waals surface area contributed by atoms with Crippen molar-refractivity contribution >= 4 is 17.4 Å². The van der Waals surface area contributed by atoms with Crippen LogP contribution in [0.15, 0.2) is 6.33 Å². The van der Waals surface area contributed by atoms with Crippen LogP contribution >= 0.6 is 11.6 Å². The van der Waals surface area contributed by atoms with Crippen molar-refractivity contribution in [1.29, 1.82) is 0 Å². The number of hydrogen-bond acceptors (Lipinski definition) is 5. The zero-order chi connectivity index (χ0) is 14.0. The molecule has 2 aromatic heterocycles. The molecular weight excluding hydrogens is 266 g/mol. The molecule has 7 heteroatoms. The molecule has 2 rings (SSSR count). The number of halogens is 1. The largest absolute Gasteiger partial charge is 0.490 e. The standard InChI is InChI=1S/C12H16ClN5O/c1-7-9(8(2)18(3)17-7)5-14-12-10(19-4)11(13)15-6-16-12/h6H,5H2,1-4H3,(H,14,15,16). The van der Waals surface area contributed by atoms with Crippen LogP contribution < -0.4 is 10.1 Å². The van der Waals surface area contributed by atoms with Crippen LogP contribution in [0.2, 0.25) is 5.15 Å². The Bertz CT molecular complexity index is 596. The van der Waals surface area contributed by atoms with Crippen molar-refractivity contribution in [1.82, 2.24) is 19.7 Å². The van der Waals surface area contributed by atoms with Gasteiger partial charge in [-0.25, -0.2) is 9.97 Å². The molecule has 0 aliphatic heterocycles. The molecule has 0 aromatic carbocycles. The molecular formula is C12H16ClN5O. The first-order valence-electron chi connectivity index (χ1n) is 5.82. The molecule has 0 unspecified atom stereocenters. The van der Waals surface area contributed by atoms with E-state index in [0.717, 1.165) is 17.0 Å². The summed E-state index contributed by atoms with van der Waals surface area (Å²) in [6.07, 6.45) is 1.40.